The van der Waals surface area contributed by atoms with Gasteiger partial charge in [0.05, 0.1) is 0 Å². The average molecular weight is 379 g/mol. The molecule has 3 heterocycles. The van der Waals surface area contributed by atoms with Gasteiger partial charge in [-0.25, -0.2) is 4.39 Å². The maximum Gasteiger partial charge on any atom is 0.404 e. The van der Waals surface area contributed by atoms with Gasteiger partial charge in [-0.05, 0) is 58.3 Å². The number of carbonyl (C=O) groups excluding carboxylic acids is 1. The maximum atomic E-state index is 14.2. The van der Waals surface area contributed by atoms with Crippen molar-refractivity contribution in [3.63, 3.8) is 0 Å². The Kier molecular flexibility index (Phi) is 5.06. The molecule has 0 aliphatic carbocycles. The Hall–Kier alpha value is -0.890. The van der Waals surface area contributed by atoms with Gasteiger partial charge < -0.3 is 11.1 Å². The normalized spacial score (nSPS) is 39.2. The van der Waals surface area contributed by atoms with Crippen molar-refractivity contribution in [3.05, 3.63) is 0 Å². The molecule has 4 nitrogen and oxygen atoms in total. The number of fused-ring (bicyclic) bond motifs is 2. The number of hydrogen-bond acceptors (Lipinski definition) is 3. The molecule has 3 aliphatic rings. The monoisotopic (exact) mass is 379 g/mol. The molecule has 150 valence electrons. The fourth-order valence-electron chi connectivity index (χ4n) is 5.41. The first-order chi connectivity index (χ1) is 11.9. The molecule has 0 saturated carbocycles. The van der Waals surface area contributed by atoms with Gasteiger partial charge in [0, 0.05) is 30.6 Å². The first-order valence-corrected chi connectivity index (χ1v) is 9.46. The topological polar surface area (TPSA) is 58.4 Å². The van der Waals surface area contributed by atoms with Gasteiger partial charge in [-0.2, -0.15) is 13.2 Å². The fraction of sp³-hybridized carbons (Fsp3) is 0.944. The number of amides is 1. The van der Waals surface area contributed by atoms with Crippen LogP contribution in [-0.2, 0) is 4.79 Å². The maximum absolute atomic E-state index is 14.2. The van der Waals surface area contributed by atoms with Crippen molar-refractivity contribution in [2.75, 3.05) is 13.1 Å². The lowest BCUT2D eigenvalue weighted by Crippen LogP contribution is -2.62. The molecule has 26 heavy (non-hydrogen) atoms. The predicted molar refractivity (Wildman–Crippen MR) is 90.1 cm³/mol. The van der Waals surface area contributed by atoms with Crippen LogP contribution >= 0.6 is 0 Å². The molecule has 3 rings (SSSR count). The number of alkyl halides is 4. The van der Waals surface area contributed by atoms with E-state index in [0.29, 0.717) is 19.3 Å². The molecule has 0 aromatic carbocycles. The van der Waals surface area contributed by atoms with Crippen LogP contribution in [-0.4, -0.2) is 53.4 Å². The second-order valence-electron chi connectivity index (χ2n) is 9.06. The van der Waals surface area contributed by atoms with E-state index >= 15 is 0 Å². The third kappa shape index (κ3) is 4.01. The van der Waals surface area contributed by atoms with Crippen LogP contribution in [0.25, 0.3) is 0 Å². The summed E-state index contributed by atoms with van der Waals surface area (Å²) in [6.45, 7) is 2.58. The van der Waals surface area contributed by atoms with Gasteiger partial charge in [0.15, 0.2) is 0 Å². The van der Waals surface area contributed by atoms with Crippen LogP contribution in [0, 0.1) is 11.8 Å². The highest BCUT2D eigenvalue weighted by atomic mass is 19.4. The largest absolute Gasteiger partial charge is 0.404 e. The number of nitrogens with one attached hydrogen (secondary N) is 1. The van der Waals surface area contributed by atoms with Crippen LogP contribution in [0.15, 0.2) is 0 Å². The standard InChI is InChI=1S/C18H29F4N3O/c1-16(2,19)10-25-9-12(3-4-14(25)18(20,21)22)17-6-5-13(24-17)7-11(8-17)15(23)26/h11-14,24H,3-10H2,1-2H3,(H2,23,26)/t11?,12-,13?,14+,17?/m0/s1. The van der Waals surface area contributed by atoms with E-state index in [4.69, 9.17) is 5.73 Å². The van der Waals surface area contributed by atoms with Crippen molar-refractivity contribution in [1.82, 2.24) is 10.2 Å². The highest BCUT2D eigenvalue weighted by Gasteiger charge is 2.55. The first kappa shape index (κ1) is 19.9. The number of hydrogen-bond donors (Lipinski definition) is 2. The van der Waals surface area contributed by atoms with Crippen molar-refractivity contribution in [1.29, 1.82) is 0 Å². The Morgan fingerprint density at radius 3 is 2.50 bits per heavy atom. The number of rotatable bonds is 4. The SMILES string of the molecule is CC(C)(F)CN1C[C@@H](C23CCC(CC(C(N)=O)C2)N3)CC[C@@H]1C(F)(F)F. The van der Waals surface area contributed by atoms with E-state index in [9.17, 15) is 22.4 Å². The minimum absolute atomic E-state index is 0.0282. The molecule has 0 radical (unpaired) electrons. The molecular weight excluding hydrogens is 350 g/mol. The molecule has 0 aromatic rings. The second-order valence-corrected chi connectivity index (χ2v) is 9.06. The fourth-order valence-corrected chi connectivity index (χ4v) is 5.41. The summed E-state index contributed by atoms with van der Waals surface area (Å²) in [4.78, 5) is 13.0. The molecule has 3 N–H and O–H groups in total. The van der Waals surface area contributed by atoms with Crippen molar-refractivity contribution in [2.24, 2.45) is 17.6 Å². The Balaban J connectivity index is 1.80. The van der Waals surface area contributed by atoms with Gasteiger partial charge in [-0.15, -0.1) is 0 Å². The number of primary amides is 1. The molecule has 0 spiro atoms. The molecule has 1 amide bonds. The van der Waals surface area contributed by atoms with Crippen LogP contribution in [0.3, 0.4) is 0 Å². The number of halogens is 4. The lowest BCUT2D eigenvalue weighted by Gasteiger charge is -2.50. The van der Waals surface area contributed by atoms with Crippen LogP contribution < -0.4 is 11.1 Å². The lowest BCUT2D eigenvalue weighted by atomic mass is 9.70. The van der Waals surface area contributed by atoms with Gasteiger partial charge >= 0.3 is 6.18 Å². The van der Waals surface area contributed by atoms with Crippen molar-refractivity contribution < 1.29 is 22.4 Å². The van der Waals surface area contributed by atoms with E-state index in [1.54, 1.807) is 0 Å². The highest BCUT2D eigenvalue weighted by Crippen LogP contribution is 2.47. The number of nitrogens with zero attached hydrogens (tertiary/aromatic N) is 1. The average Bonchev–Trinajstić information content (AvgIpc) is 2.80. The van der Waals surface area contributed by atoms with E-state index < -0.39 is 17.9 Å². The quantitative estimate of drug-likeness (QED) is 0.739. The number of piperidine rings is 2. The minimum Gasteiger partial charge on any atom is -0.369 e. The zero-order valence-corrected chi connectivity index (χ0v) is 15.4. The number of likely N-dealkylation sites (tertiary alicyclic amines) is 1. The Morgan fingerprint density at radius 1 is 1.23 bits per heavy atom. The summed E-state index contributed by atoms with van der Waals surface area (Å²) >= 11 is 0. The summed E-state index contributed by atoms with van der Waals surface area (Å²) in [6.07, 6.45) is -0.920. The van der Waals surface area contributed by atoms with Gasteiger partial charge in [-0.1, -0.05) is 0 Å². The van der Waals surface area contributed by atoms with E-state index in [-0.39, 0.29) is 48.8 Å². The van der Waals surface area contributed by atoms with E-state index in [0.717, 1.165) is 12.8 Å². The molecule has 8 heteroatoms. The van der Waals surface area contributed by atoms with Gasteiger partial charge in [0.25, 0.3) is 0 Å². The lowest BCUT2D eigenvalue weighted by molar-refractivity contribution is -0.201. The smallest absolute Gasteiger partial charge is 0.369 e. The Morgan fingerprint density at radius 2 is 1.92 bits per heavy atom. The zero-order valence-electron chi connectivity index (χ0n) is 15.4. The zero-order chi connectivity index (χ0) is 19.3. The minimum atomic E-state index is -4.36. The number of carbonyl (C=O) groups is 1. The Bertz CT molecular complexity index is 548. The second kappa shape index (κ2) is 6.62. The first-order valence-electron chi connectivity index (χ1n) is 9.46. The third-order valence-electron chi connectivity index (χ3n) is 6.44. The predicted octanol–water partition coefficient (Wildman–Crippen LogP) is 2.76. The molecule has 3 unspecified atom stereocenters. The Labute approximate surface area is 151 Å². The number of nitrogens with two attached hydrogens (primary N) is 1. The third-order valence-corrected chi connectivity index (χ3v) is 6.44. The van der Waals surface area contributed by atoms with Crippen molar-refractivity contribution in [3.8, 4) is 0 Å². The molecule has 3 aliphatic heterocycles. The van der Waals surface area contributed by atoms with Crippen LogP contribution in [0.1, 0.15) is 52.4 Å². The van der Waals surface area contributed by atoms with Gasteiger partial charge in [0.1, 0.15) is 11.7 Å². The molecular formula is C18H29F4N3O. The molecule has 5 atom stereocenters. The molecule has 2 bridgehead atoms. The van der Waals surface area contributed by atoms with Crippen molar-refractivity contribution >= 4 is 5.91 Å². The van der Waals surface area contributed by atoms with E-state index in [1.807, 2.05) is 0 Å². The summed E-state index contributed by atoms with van der Waals surface area (Å²) in [5.41, 5.74) is 3.48. The van der Waals surface area contributed by atoms with E-state index in [1.165, 1.54) is 18.7 Å². The highest BCUT2D eigenvalue weighted by molar-refractivity contribution is 5.77. The summed E-state index contributed by atoms with van der Waals surface area (Å²) < 4.78 is 54.5. The van der Waals surface area contributed by atoms with E-state index in [2.05, 4.69) is 5.32 Å². The van der Waals surface area contributed by atoms with Crippen LogP contribution in [0.4, 0.5) is 17.6 Å². The van der Waals surface area contributed by atoms with Crippen LogP contribution in [0.5, 0.6) is 0 Å². The molecule has 3 saturated heterocycles. The summed E-state index contributed by atoms with van der Waals surface area (Å²) in [6, 6.07) is -1.40. The van der Waals surface area contributed by atoms with Gasteiger partial charge in [0.2, 0.25) is 5.91 Å². The van der Waals surface area contributed by atoms with Crippen molar-refractivity contribution in [2.45, 2.75) is 81.8 Å². The summed E-state index contributed by atoms with van der Waals surface area (Å²) in [7, 11) is 0. The van der Waals surface area contributed by atoms with Gasteiger partial charge in [-0.3, -0.25) is 9.69 Å². The molecule has 3 fully saturated rings. The summed E-state index contributed by atoms with van der Waals surface area (Å²) in [5, 5.41) is 3.59. The molecule has 0 aromatic heterocycles. The summed E-state index contributed by atoms with van der Waals surface area (Å²) in [5.74, 6) is -0.584. The van der Waals surface area contributed by atoms with Crippen LogP contribution in [0.2, 0.25) is 0 Å².